The van der Waals surface area contributed by atoms with Crippen molar-refractivity contribution in [2.75, 3.05) is 5.75 Å². The average Bonchev–Trinajstić information content (AvgIpc) is 2.61. The molecule has 0 aliphatic carbocycles. The van der Waals surface area contributed by atoms with Gasteiger partial charge in [-0.1, -0.05) is 0 Å². The second kappa shape index (κ2) is 5.29. The summed E-state index contributed by atoms with van der Waals surface area (Å²) in [4.78, 5) is 3.34. The third-order valence-electron chi connectivity index (χ3n) is 1.75. The van der Waals surface area contributed by atoms with Crippen molar-refractivity contribution in [3.05, 3.63) is 23.0 Å². The molecule has 86 valence electrons. The smallest absolute Gasteiger partial charge is 0.258 e. The minimum absolute atomic E-state index is 0.0574. The highest BCUT2D eigenvalue weighted by molar-refractivity contribution is 8.31. The molecule has 1 aliphatic rings. The summed E-state index contributed by atoms with van der Waals surface area (Å²) in [5, 5.41) is 0. The van der Waals surface area contributed by atoms with E-state index in [0.29, 0.717) is 0 Å². The molecule has 1 rings (SSSR count). The van der Waals surface area contributed by atoms with Gasteiger partial charge in [0.25, 0.3) is 6.43 Å². The number of allylic oxidation sites excluding steroid dienone is 2. The van der Waals surface area contributed by atoms with Gasteiger partial charge in [-0.25, -0.2) is 13.2 Å². The largest absolute Gasteiger partial charge is 0.301 e. The minimum atomic E-state index is -2.65. The van der Waals surface area contributed by atoms with Gasteiger partial charge in [0, 0.05) is 18.2 Å². The molecule has 0 saturated heterocycles. The van der Waals surface area contributed by atoms with E-state index in [9.17, 15) is 22.0 Å². The van der Waals surface area contributed by atoms with Crippen LogP contribution in [0.15, 0.2) is 28.0 Å². The summed E-state index contributed by atoms with van der Waals surface area (Å²) in [5.41, 5.74) is 1.28. The summed E-state index contributed by atoms with van der Waals surface area (Å²) in [6.07, 6.45) is -4.54. The molecule has 1 aliphatic heterocycles. The molecule has 0 aromatic rings. The maximum atomic E-state index is 12.4. The van der Waals surface area contributed by atoms with E-state index in [1.807, 2.05) is 0 Å². The first-order valence-electron chi connectivity index (χ1n) is 4.00. The number of halogens is 5. The topological polar surface area (TPSA) is 12.4 Å². The number of hydrogen-bond donors (Lipinski definition) is 1. The van der Waals surface area contributed by atoms with E-state index in [0.717, 1.165) is 6.20 Å². The maximum absolute atomic E-state index is 12.4. The van der Waals surface area contributed by atoms with Crippen molar-refractivity contribution in [1.82, 2.24) is 0 Å². The monoisotopic (exact) mass is 245 g/mol. The molecule has 0 aromatic carbocycles. The Morgan fingerprint density at radius 2 is 2.00 bits per heavy atom. The Bertz CT molecular complexity index is 319. The van der Waals surface area contributed by atoms with E-state index in [-0.39, 0.29) is 10.7 Å². The van der Waals surface area contributed by atoms with Crippen molar-refractivity contribution in [2.45, 2.75) is 12.8 Å². The Balaban J connectivity index is 2.51. The van der Waals surface area contributed by atoms with Crippen LogP contribution in [0.1, 0.15) is 6.42 Å². The molecule has 7 heteroatoms. The van der Waals surface area contributed by atoms with Crippen molar-refractivity contribution in [3.8, 4) is 0 Å². The number of hydrogen-bond acceptors (Lipinski definition) is 1. The molecule has 0 bridgehead atoms. The van der Waals surface area contributed by atoms with Crippen LogP contribution in [-0.4, -0.2) is 17.7 Å². The first-order chi connectivity index (χ1) is 7.02. The molecule has 0 fully saturated rings. The fourth-order valence-electron chi connectivity index (χ4n) is 1.01. The molecule has 0 spiro atoms. The number of thiol groups is 1. The third-order valence-corrected chi connectivity index (χ3v) is 3.84. The summed E-state index contributed by atoms with van der Waals surface area (Å²) in [6.45, 7) is 0. The van der Waals surface area contributed by atoms with Crippen molar-refractivity contribution in [1.29, 1.82) is 0 Å². The van der Waals surface area contributed by atoms with Crippen molar-refractivity contribution in [2.24, 2.45) is 4.99 Å². The Morgan fingerprint density at radius 1 is 1.33 bits per heavy atom. The molecule has 15 heavy (non-hydrogen) atoms. The standard InChI is InChI=1S/C8H8F5NS/c9-5(7(10)11)1-2-15-4-14-3-6(15)8(12)13/h3-4,8,15H,1-2H2. The van der Waals surface area contributed by atoms with Crippen molar-refractivity contribution in [3.63, 3.8) is 0 Å². The van der Waals surface area contributed by atoms with Crippen LogP contribution in [0.25, 0.3) is 0 Å². The molecule has 1 nitrogen and oxygen atoms in total. The van der Waals surface area contributed by atoms with Gasteiger partial charge < -0.3 is 0 Å². The molecule has 0 N–H and O–H groups in total. The summed E-state index contributed by atoms with van der Waals surface area (Å²) in [6, 6.07) is 0. The summed E-state index contributed by atoms with van der Waals surface area (Å²) < 4.78 is 60.3. The number of aliphatic imine (C=N–C) groups is 1. The number of rotatable bonds is 4. The molecule has 1 heterocycles. The Hall–Kier alpha value is -0.850. The Labute approximate surface area is 85.7 Å². The second-order valence-electron chi connectivity index (χ2n) is 2.73. The highest BCUT2D eigenvalue weighted by atomic mass is 32.2. The molecular formula is C8H8F5NS. The first kappa shape index (κ1) is 12.2. The predicted molar refractivity (Wildman–Crippen MR) is 51.4 cm³/mol. The zero-order valence-corrected chi connectivity index (χ0v) is 8.32. The van der Waals surface area contributed by atoms with Gasteiger partial charge in [-0.3, -0.25) is 4.99 Å². The lowest BCUT2D eigenvalue weighted by atomic mass is 10.4. The lowest BCUT2D eigenvalue weighted by Gasteiger charge is -2.14. The molecule has 0 saturated carbocycles. The van der Waals surface area contributed by atoms with E-state index >= 15 is 0 Å². The van der Waals surface area contributed by atoms with Gasteiger partial charge in [-0.15, -0.1) is 0 Å². The Kier molecular flexibility index (Phi) is 4.31. The molecule has 1 unspecified atom stereocenters. The second-order valence-corrected chi connectivity index (χ2v) is 4.86. The van der Waals surface area contributed by atoms with Crippen LogP contribution < -0.4 is 0 Å². The van der Waals surface area contributed by atoms with Crippen LogP contribution in [0.5, 0.6) is 0 Å². The number of nitrogens with zero attached hydrogens (tertiary/aromatic N) is 1. The predicted octanol–water partition coefficient (Wildman–Crippen LogP) is 3.60. The molecular weight excluding hydrogens is 237 g/mol. The SMILES string of the molecule is FC(F)=C(F)CC[SH]1C=NC=C1C(F)F. The summed E-state index contributed by atoms with van der Waals surface area (Å²) in [7, 11) is -1.39. The Morgan fingerprint density at radius 3 is 2.53 bits per heavy atom. The van der Waals surface area contributed by atoms with Crippen LogP contribution >= 0.6 is 10.9 Å². The van der Waals surface area contributed by atoms with E-state index < -0.39 is 35.6 Å². The minimum Gasteiger partial charge on any atom is -0.258 e. The highest BCUT2D eigenvalue weighted by Crippen LogP contribution is 2.41. The van der Waals surface area contributed by atoms with Crippen molar-refractivity contribution >= 4 is 16.4 Å². The van der Waals surface area contributed by atoms with Gasteiger partial charge in [0.05, 0.1) is 4.91 Å². The fraction of sp³-hybridized carbons (Fsp3) is 0.375. The lowest BCUT2D eigenvalue weighted by Crippen LogP contribution is -1.99. The zero-order valence-electron chi connectivity index (χ0n) is 7.43. The number of alkyl halides is 2. The van der Waals surface area contributed by atoms with Crippen molar-refractivity contribution < 1.29 is 22.0 Å². The van der Waals surface area contributed by atoms with Gasteiger partial charge >= 0.3 is 6.08 Å². The summed E-state index contributed by atoms with van der Waals surface area (Å²) >= 11 is 0. The van der Waals surface area contributed by atoms with Gasteiger partial charge in [0.1, 0.15) is 0 Å². The lowest BCUT2D eigenvalue weighted by molar-refractivity contribution is 0.199. The van der Waals surface area contributed by atoms with Gasteiger partial charge in [-0.2, -0.15) is 19.7 Å². The maximum Gasteiger partial charge on any atom is 0.301 e. The van der Waals surface area contributed by atoms with Crippen LogP contribution in [0.2, 0.25) is 0 Å². The zero-order chi connectivity index (χ0) is 11.4. The van der Waals surface area contributed by atoms with Gasteiger partial charge in [-0.05, 0) is 5.75 Å². The summed E-state index contributed by atoms with van der Waals surface area (Å²) in [5.74, 6) is -1.59. The van der Waals surface area contributed by atoms with E-state index in [1.54, 1.807) is 0 Å². The molecule has 0 radical (unpaired) electrons. The van der Waals surface area contributed by atoms with Crippen LogP contribution in [0, 0.1) is 0 Å². The average molecular weight is 245 g/mol. The normalized spacial score (nSPS) is 22.0. The van der Waals surface area contributed by atoms with Gasteiger partial charge in [0.15, 0.2) is 5.83 Å². The fourth-order valence-corrected chi connectivity index (χ4v) is 2.65. The molecule has 1 atom stereocenters. The van der Waals surface area contributed by atoms with Crippen LogP contribution in [0.4, 0.5) is 22.0 Å². The molecule has 0 aromatic heterocycles. The van der Waals surface area contributed by atoms with E-state index in [4.69, 9.17) is 0 Å². The molecule has 0 amide bonds. The van der Waals surface area contributed by atoms with Crippen LogP contribution in [0.3, 0.4) is 0 Å². The quantitative estimate of drug-likeness (QED) is 0.574. The first-order valence-corrected chi connectivity index (χ1v) is 5.59. The van der Waals surface area contributed by atoms with Crippen LogP contribution in [-0.2, 0) is 0 Å². The third kappa shape index (κ3) is 3.33. The highest BCUT2D eigenvalue weighted by Gasteiger charge is 2.21. The van der Waals surface area contributed by atoms with E-state index in [2.05, 4.69) is 4.99 Å². The van der Waals surface area contributed by atoms with Gasteiger partial charge in [0.2, 0.25) is 0 Å². The van der Waals surface area contributed by atoms with E-state index in [1.165, 1.54) is 5.55 Å².